The van der Waals surface area contributed by atoms with Crippen LogP contribution in [-0.2, 0) is 9.53 Å². The minimum atomic E-state index is -0.277. The number of thioether (sulfide) groups is 1. The van der Waals surface area contributed by atoms with Crippen molar-refractivity contribution < 1.29 is 19.1 Å². The number of likely N-dealkylation sites (tertiary alicyclic amines) is 1. The quantitative estimate of drug-likeness (QED) is 0.588. The van der Waals surface area contributed by atoms with Gasteiger partial charge in [0.25, 0.3) is 5.91 Å². The lowest BCUT2D eigenvalue weighted by Gasteiger charge is -2.37. The third-order valence-electron chi connectivity index (χ3n) is 6.55. The van der Waals surface area contributed by atoms with Crippen molar-refractivity contribution in [1.29, 1.82) is 0 Å². The molecule has 4 rings (SSSR count). The highest BCUT2D eigenvalue weighted by Gasteiger charge is 2.44. The molecule has 3 amide bonds. The van der Waals surface area contributed by atoms with Crippen molar-refractivity contribution in [1.82, 2.24) is 9.80 Å². The molecule has 0 saturated carbocycles. The lowest BCUT2D eigenvalue weighted by molar-refractivity contribution is -0.113. The monoisotopic (exact) mass is 495 g/mol. The normalized spacial score (nSPS) is 20.7. The van der Waals surface area contributed by atoms with Gasteiger partial charge in [0.05, 0.1) is 11.8 Å². The van der Waals surface area contributed by atoms with Gasteiger partial charge in [-0.2, -0.15) is 0 Å². The Morgan fingerprint density at radius 1 is 1.06 bits per heavy atom. The number of carbonyl (C=O) groups excluding carboxylic acids is 3. The number of amides is 3. The molecule has 2 heterocycles. The summed E-state index contributed by atoms with van der Waals surface area (Å²) in [6, 6.07) is 16.9. The summed E-state index contributed by atoms with van der Waals surface area (Å²) >= 11 is 1.59. The maximum Gasteiger partial charge on any atom is 0.411 e. The number of anilines is 1. The molecule has 2 saturated heterocycles. The standard InChI is InChI=1S/C27H33N3O4S/c1-18(2)35-17-24(31)28-22-11-9-21(10-12-22)26(32)29-15-13-23(14-16-29)30-19(3)25(34-27(30)33)20-7-5-4-6-8-20/h4-12,18-19,23,25H,13-17H2,1-3H3,(H,28,31). The van der Waals surface area contributed by atoms with E-state index in [9.17, 15) is 14.4 Å². The molecule has 7 nitrogen and oxygen atoms in total. The van der Waals surface area contributed by atoms with Crippen LogP contribution in [0.5, 0.6) is 0 Å². The van der Waals surface area contributed by atoms with Gasteiger partial charge < -0.3 is 15.0 Å². The van der Waals surface area contributed by atoms with Crippen molar-refractivity contribution in [2.24, 2.45) is 0 Å². The van der Waals surface area contributed by atoms with Crippen molar-refractivity contribution >= 4 is 35.4 Å². The third kappa shape index (κ3) is 5.99. The SMILES string of the molecule is CC(C)SCC(=O)Nc1ccc(C(=O)N2CCC(N3C(=O)OC(c4ccccc4)C3C)CC2)cc1. The summed E-state index contributed by atoms with van der Waals surface area (Å²) in [7, 11) is 0. The van der Waals surface area contributed by atoms with Crippen LogP contribution in [0.2, 0.25) is 0 Å². The van der Waals surface area contributed by atoms with E-state index < -0.39 is 0 Å². The van der Waals surface area contributed by atoms with Crippen LogP contribution in [0.15, 0.2) is 54.6 Å². The summed E-state index contributed by atoms with van der Waals surface area (Å²) in [4.78, 5) is 41.4. The molecule has 0 spiro atoms. The molecule has 8 heteroatoms. The number of cyclic esters (lactones) is 1. The van der Waals surface area contributed by atoms with Crippen molar-refractivity contribution in [2.75, 3.05) is 24.2 Å². The van der Waals surface area contributed by atoms with E-state index in [4.69, 9.17) is 4.74 Å². The van der Waals surface area contributed by atoms with Crippen molar-refractivity contribution in [3.8, 4) is 0 Å². The number of rotatable bonds is 7. The fraction of sp³-hybridized carbons (Fsp3) is 0.444. The van der Waals surface area contributed by atoms with E-state index in [2.05, 4.69) is 19.2 Å². The number of carbonyl (C=O) groups is 3. The summed E-state index contributed by atoms with van der Waals surface area (Å²) in [5.41, 5.74) is 2.28. The van der Waals surface area contributed by atoms with Gasteiger partial charge in [-0.15, -0.1) is 11.8 Å². The number of hydrogen-bond acceptors (Lipinski definition) is 5. The highest BCUT2D eigenvalue weighted by atomic mass is 32.2. The van der Waals surface area contributed by atoms with E-state index in [1.165, 1.54) is 0 Å². The Labute approximate surface area is 211 Å². The Bertz CT molecular complexity index is 1040. The topological polar surface area (TPSA) is 79.0 Å². The van der Waals surface area contributed by atoms with Crippen LogP contribution in [0.4, 0.5) is 10.5 Å². The average molecular weight is 496 g/mol. The molecular weight excluding hydrogens is 462 g/mol. The van der Waals surface area contributed by atoms with E-state index >= 15 is 0 Å². The third-order valence-corrected chi connectivity index (χ3v) is 7.65. The van der Waals surface area contributed by atoms with Gasteiger partial charge in [0, 0.05) is 30.4 Å². The number of benzene rings is 2. The molecule has 0 aliphatic carbocycles. The van der Waals surface area contributed by atoms with Gasteiger partial charge in [-0.3, -0.25) is 14.5 Å². The fourth-order valence-electron chi connectivity index (χ4n) is 4.72. The summed E-state index contributed by atoms with van der Waals surface area (Å²) in [6.07, 6.45) is 0.884. The first-order chi connectivity index (χ1) is 16.8. The molecular formula is C27H33N3O4S. The van der Waals surface area contributed by atoms with Gasteiger partial charge in [-0.05, 0) is 54.8 Å². The zero-order chi connectivity index (χ0) is 24.9. The van der Waals surface area contributed by atoms with Gasteiger partial charge in [0.15, 0.2) is 0 Å². The summed E-state index contributed by atoms with van der Waals surface area (Å²) in [6.45, 7) is 7.31. The van der Waals surface area contributed by atoms with E-state index in [0.29, 0.717) is 48.2 Å². The van der Waals surface area contributed by atoms with Crippen LogP contribution < -0.4 is 5.32 Å². The minimum Gasteiger partial charge on any atom is -0.439 e. The average Bonchev–Trinajstić information content (AvgIpc) is 3.17. The molecule has 35 heavy (non-hydrogen) atoms. The fourth-order valence-corrected chi connectivity index (χ4v) is 5.27. The number of nitrogens with zero attached hydrogens (tertiary/aromatic N) is 2. The Balaban J connectivity index is 1.30. The molecule has 2 aliphatic rings. The number of nitrogens with one attached hydrogen (secondary N) is 1. The second-order valence-electron chi connectivity index (χ2n) is 9.37. The van der Waals surface area contributed by atoms with Crippen molar-refractivity contribution in [2.45, 2.75) is 57.1 Å². The number of piperidine rings is 1. The Morgan fingerprint density at radius 3 is 2.34 bits per heavy atom. The zero-order valence-electron chi connectivity index (χ0n) is 20.5. The van der Waals surface area contributed by atoms with Gasteiger partial charge >= 0.3 is 6.09 Å². The van der Waals surface area contributed by atoms with E-state index in [0.717, 1.165) is 5.56 Å². The van der Waals surface area contributed by atoms with Crippen LogP contribution in [0.1, 0.15) is 55.6 Å². The molecule has 186 valence electrons. The molecule has 2 aromatic carbocycles. The zero-order valence-corrected chi connectivity index (χ0v) is 21.3. The van der Waals surface area contributed by atoms with Crippen LogP contribution in [-0.4, -0.2) is 63.9 Å². The second kappa shape index (κ2) is 11.2. The molecule has 2 unspecified atom stereocenters. The Hall–Kier alpha value is -3.00. The van der Waals surface area contributed by atoms with Crippen LogP contribution in [0.3, 0.4) is 0 Å². The molecule has 2 aromatic rings. The van der Waals surface area contributed by atoms with E-state index in [-0.39, 0.29) is 36.1 Å². The van der Waals surface area contributed by atoms with Gasteiger partial charge in [-0.1, -0.05) is 44.2 Å². The minimum absolute atomic E-state index is 0.0316. The molecule has 0 aromatic heterocycles. The van der Waals surface area contributed by atoms with Gasteiger partial charge in [-0.25, -0.2) is 4.79 Å². The predicted molar refractivity (Wildman–Crippen MR) is 139 cm³/mol. The highest BCUT2D eigenvalue weighted by molar-refractivity contribution is 8.00. The Kier molecular flexibility index (Phi) is 8.00. The maximum absolute atomic E-state index is 13.0. The van der Waals surface area contributed by atoms with Crippen LogP contribution >= 0.6 is 11.8 Å². The highest BCUT2D eigenvalue weighted by Crippen LogP contribution is 2.35. The summed E-state index contributed by atoms with van der Waals surface area (Å²) in [5.74, 6) is 0.327. The van der Waals surface area contributed by atoms with Crippen molar-refractivity contribution in [3.05, 3.63) is 65.7 Å². The van der Waals surface area contributed by atoms with Gasteiger partial charge in [0.2, 0.25) is 5.91 Å². The first-order valence-electron chi connectivity index (χ1n) is 12.2. The lowest BCUT2D eigenvalue weighted by Crippen LogP contribution is -2.49. The molecule has 2 atom stereocenters. The van der Waals surface area contributed by atoms with Gasteiger partial charge in [0.1, 0.15) is 6.10 Å². The number of ether oxygens (including phenoxy) is 1. The summed E-state index contributed by atoms with van der Waals surface area (Å²) < 4.78 is 5.71. The molecule has 0 bridgehead atoms. The van der Waals surface area contributed by atoms with Crippen molar-refractivity contribution in [3.63, 3.8) is 0 Å². The maximum atomic E-state index is 13.0. The lowest BCUT2D eigenvalue weighted by atomic mass is 9.98. The number of hydrogen-bond donors (Lipinski definition) is 1. The molecule has 0 radical (unpaired) electrons. The van der Waals surface area contributed by atoms with E-state index in [1.807, 2.05) is 47.1 Å². The predicted octanol–water partition coefficient (Wildman–Crippen LogP) is 4.95. The molecule has 2 aliphatic heterocycles. The Morgan fingerprint density at radius 2 is 1.71 bits per heavy atom. The van der Waals surface area contributed by atoms with Crippen LogP contribution in [0, 0.1) is 0 Å². The summed E-state index contributed by atoms with van der Waals surface area (Å²) in [5, 5.41) is 3.27. The van der Waals surface area contributed by atoms with E-state index in [1.54, 1.807) is 36.0 Å². The second-order valence-corrected chi connectivity index (χ2v) is 10.9. The van der Waals surface area contributed by atoms with Crippen LogP contribution in [0.25, 0.3) is 0 Å². The molecule has 1 N–H and O–H groups in total. The first kappa shape index (κ1) is 25.1. The largest absolute Gasteiger partial charge is 0.439 e. The molecule has 2 fully saturated rings. The smallest absolute Gasteiger partial charge is 0.411 e. The first-order valence-corrected chi connectivity index (χ1v) is 13.2.